The van der Waals surface area contributed by atoms with E-state index in [0.717, 1.165) is 12.1 Å². The zero-order valence-electron chi connectivity index (χ0n) is 12.9. The summed E-state index contributed by atoms with van der Waals surface area (Å²) < 4.78 is 71.9. The van der Waals surface area contributed by atoms with Crippen molar-refractivity contribution in [1.29, 1.82) is 0 Å². The summed E-state index contributed by atoms with van der Waals surface area (Å²) in [5, 5.41) is 0. The third-order valence-corrected chi connectivity index (χ3v) is 4.03. The Morgan fingerprint density at radius 1 is 1.00 bits per heavy atom. The van der Waals surface area contributed by atoms with E-state index in [4.69, 9.17) is 14.3 Å². The number of sulfonamides is 1. The second-order valence-corrected chi connectivity index (χ2v) is 6.08. The van der Waals surface area contributed by atoms with Gasteiger partial charge in [-0.05, 0) is 12.1 Å². The Kier molecular flexibility index (Phi) is 5.21. The summed E-state index contributed by atoms with van der Waals surface area (Å²) in [5.74, 6) is -0.196. The van der Waals surface area contributed by atoms with Crippen LogP contribution in [0.4, 0.5) is 18.9 Å². The summed E-state index contributed by atoms with van der Waals surface area (Å²) in [6.45, 7) is 0. The average molecular weight is 379 g/mol. The summed E-state index contributed by atoms with van der Waals surface area (Å²) in [5.41, 5.74) is -6.00. The molecule has 136 valence electrons. The molecule has 1 aromatic carbocycles. The van der Waals surface area contributed by atoms with Crippen LogP contribution in [0.15, 0.2) is 36.4 Å². The maximum Gasteiger partial charge on any atom is 0.519 e. The van der Waals surface area contributed by atoms with Crippen molar-refractivity contribution in [1.82, 2.24) is 9.97 Å². The van der Waals surface area contributed by atoms with E-state index in [9.17, 15) is 21.6 Å². The van der Waals surface area contributed by atoms with E-state index in [1.165, 1.54) is 38.5 Å². The standard InChI is InChI=1S/C13H12F3N3O5S/c1-22-10-8-11(23-2)18-12(17-10)24-19(9-6-4-3-5-7-9)25(20,21)13(14,15)16/h3-8H,1-2H3. The van der Waals surface area contributed by atoms with E-state index < -0.39 is 27.2 Å². The Morgan fingerprint density at radius 3 is 1.96 bits per heavy atom. The van der Waals surface area contributed by atoms with Gasteiger partial charge in [0.05, 0.1) is 26.0 Å². The quantitative estimate of drug-likeness (QED) is 0.710. The van der Waals surface area contributed by atoms with Crippen LogP contribution in [0.5, 0.6) is 17.8 Å². The van der Waals surface area contributed by atoms with Crippen molar-refractivity contribution in [3.8, 4) is 17.8 Å². The Balaban J connectivity index is 2.52. The molecule has 1 aromatic heterocycles. The summed E-state index contributed by atoms with van der Waals surface area (Å²) in [4.78, 5) is 12.1. The van der Waals surface area contributed by atoms with E-state index in [-0.39, 0.29) is 16.2 Å². The van der Waals surface area contributed by atoms with Gasteiger partial charge in [0, 0.05) is 0 Å². The van der Waals surface area contributed by atoms with Crippen LogP contribution in [0.3, 0.4) is 0 Å². The van der Waals surface area contributed by atoms with Crippen molar-refractivity contribution in [3.05, 3.63) is 36.4 Å². The highest BCUT2D eigenvalue weighted by atomic mass is 32.2. The predicted octanol–water partition coefficient (Wildman–Crippen LogP) is 2.14. The van der Waals surface area contributed by atoms with Crippen LogP contribution in [0.25, 0.3) is 0 Å². The number of hydrogen-bond donors (Lipinski definition) is 0. The van der Waals surface area contributed by atoms with E-state index >= 15 is 0 Å². The summed E-state index contributed by atoms with van der Waals surface area (Å²) in [6.07, 6.45) is 0. The topological polar surface area (TPSA) is 90.9 Å². The molecule has 0 fully saturated rings. The van der Waals surface area contributed by atoms with Gasteiger partial charge in [-0.2, -0.15) is 31.6 Å². The molecule has 0 aliphatic carbocycles. The highest BCUT2D eigenvalue weighted by Crippen LogP contribution is 2.32. The maximum atomic E-state index is 13.0. The predicted molar refractivity (Wildman–Crippen MR) is 79.7 cm³/mol. The zero-order valence-corrected chi connectivity index (χ0v) is 13.7. The fourth-order valence-corrected chi connectivity index (χ4v) is 2.34. The van der Waals surface area contributed by atoms with Gasteiger partial charge in [-0.15, -0.1) is 0 Å². The molecule has 0 saturated heterocycles. The number of alkyl halides is 3. The van der Waals surface area contributed by atoms with Crippen molar-refractivity contribution >= 4 is 15.7 Å². The molecule has 1 heterocycles. The largest absolute Gasteiger partial charge is 0.519 e. The van der Waals surface area contributed by atoms with Gasteiger partial charge in [0.15, 0.2) is 0 Å². The summed E-state index contributed by atoms with van der Waals surface area (Å²) in [6, 6.07) is 6.91. The first kappa shape index (κ1) is 18.6. The van der Waals surface area contributed by atoms with Crippen LogP contribution in [0.2, 0.25) is 0 Å². The number of halogens is 3. The lowest BCUT2D eigenvalue weighted by molar-refractivity contribution is -0.0456. The fourth-order valence-electron chi connectivity index (χ4n) is 1.59. The molecule has 0 aliphatic heterocycles. The Hall–Kier alpha value is -2.76. The van der Waals surface area contributed by atoms with E-state index in [2.05, 4.69) is 9.97 Å². The Bertz CT molecular complexity index is 808. The molecule has 8 nitrogen and oxygen atoms in total. The first-order chi connectivity index (χ1) is 11.7. The van der Waals surface area contributed by atoms with Gasteiger partial charge in [0.2, 0.25) is 11.8 Å². The molecule has 0 bridgehead atoms. The van der Waals surface area contributed by atoms with E-state index in [1.54, 1.807) is 0 Å². The van der Waals surface area contributed by atoms with Crippen LogP contribution in [0.1, 0.15) is 0 Å². The normalized spacial score (nSPS) is 11.7. The average Bonchev–Trinajstić information content (AvgIpc) is 2.58. The smallest absolute Gasteiger partial charge is 0.481 e. The number of methoxy groups -OCH3 is 2. The van der Waals surface area contributed by atoms with Crippen molar-refractivity contribution in [3.63, 3.8) is 0 Å². The second kappa shape index (κ2) is 7.01. The summed E-state index contributed by atoms with van der Waals surface area (Å²) >= 11 is 0. The molecule has 0 N–H and O–H groups in total. The highest BCUT2D eigenvalue weighted by Gasteiger charge is 2.52. The van der Waals surface area contributed by atoms with Crippen LogP contribution in [-0.2, 0) is 10.0 Å². The minimum absolute atomic E-state index is 0.0979. The molecule has 12 heteroatoms. The molecule has 0 atom stereocenters. The minimum Gasteiger partial charge on any atom is -0.481 e. The molecule has 2 rings (SSSR count). The lowest BCUT2D eigenvalue weighted by Gasteiger charge is -2.23. The van der Waals surface area contributed by atoms with Crippen LogP contribution < -0.4 is 18.8 Å². The number of para-hydroxylation sites is 1. The zero-order chi connectivity index (χ0) is 18.7. The molecule has 0 amide bonds. The third kappa shape index (κ3) is 4.02. The Labute approximate surface area is 140 Å². The minimum atomic E-state index is -5.88. The number of benzene rings is 1. The van der Waals surface area contributed by atoms with Crippen molar-refractivity contribution < 1.29 is 35.9 Å². The van der Waals surface area contributed by atoms with Gasteiger partial charge in [0.1, 0.15) is 0 Å². The molecule has 0 unspecified atom stereocenters. The first-order valence-electron chi connectivity index (χ1n) is 6.50. The molecular weight excluding hydrogens is 367 g/mol. The SMILES string of the molecule is COc1cc(OC)nc(ON(c2ccccc2)S(=O)(=O)C(F)(F)F)n1. The van der Waals surface area contributed by atoms with Gasteiger partial charge in [-0.3, -0.25) is 0 Å². The van der Waals surface area contributed by atoms with Crippen molar-refractivity contribution in [2.24, 2.45) is 0 Å². The number of aromatic nitrogens is 2. The van der Waals surface area contributed by atoms with Crippen molar-refractivity contribution in [2.45, 2.75) is 5.51 Å². The molecular formula is C13H12F3N3O5S. The fraction of sp³-hybridized carbons (Fsp3) is 0.231. The third-order valence-electron chi connectivity index (χ3n) is 2.72. The van der Waals surface area contributed by atoms with Crippen LogP contribution in [0, 0.1) is 0 Å². The maximum absolute atomic E-state index is 13.0. The second-order valence-electron chi connectivity index (χ2n) is 4.34. The Morgan fingerprint density at radius 2 is 1.52 bits per heavy atom. The molecule has 0 saturated carbocycles. The van der Waals surface area contributed by atoms with Gasteiger partial charge in [-0.25, -0.2) is 0 Å². The van der Waals surface area contributed by atoms with Gasteiger partial charge < -0.3 is 14.3 Å². The van der Waals surface area contributed by atoms with Gasteiger partial charge in [-0.1, -0.05) is 22.7 Å². The molecule has 0 radical (unpaired) electrons. The number of nitrogens with zero attached hydrogens (tertiary/aromatic N) is 3. The lowest BCUT2D eigenvalue weighted by Crippen LogP contribution is -2.43. The van der Waals surface area contributed by atoms with Crippen LogP contribution >= 0.6 is 0 Å². The van der Waals surface area contributed by atoms with Crippen molar-refractivity contribution in [2.75, 3.05) is 18.7 Å². The molecule has 0 spiro atoms. The number of anilines is 1. The molecule has 2 aromatic rings. The molecule has 25 heavy (non-hydrogen) atoms. The number of rotatable bonds is 6. The van der Waals surface area contributed by atoms with Gasteiger partial charge in [0.25, 0.3) is 0 Å². The number of hydrogen-bond acceptors (Lipinski definition) is 7. The summed E-state index contributed by atoms with van der Waals surface area (Å²) in [7, 11) is -3.39. The number of ether oxygens (including phenoxy) is 2. The van der Waals surface area contributed by atoms with Gasteiger partial charge >= 0.3 is 21.5 Å². The first-order valence-corrected chi connectivity index (χ1v) is 7.94. The van der Waals surface area contributed by atoms with E-state index in [0.29, 0.717) is 0 Å². The highest BCUT2D eigenvalue weighted by molar-refractivity contribution is 7.93. The van der Waals surface area contributed by atoms with E-state index in [1.807, 2.05) is 0 Å². The van der Waals surface area contributed by atoms with Crippen LogP contribution in [-0.4, -0.2) is 38.1 Å². The molecule has 0 aliphatic rings. The lowest BCUT2D eigenvalue weighted by atomic mass is 10.3. The monoisotopic (exact) mass is 379 g/mol.